The second-order valence-electron chi connectivity index (χ2n) is 6.28. The molecule has 1 atom stereocenters. The molecule has 0 aliphatic heterocycles. The molecule has 0 heterocycles. The molecular formula is C22H28O5. The number of ether oxygens (including phenoxy) is 4. The molecule has 0 spiro atoms. The summed E-state index contributed by atoms with van der Waals surface area (Å²) in [6.45, 7) is 4.09. The molecule has 0 saturated heterocycles. The lowest BCUT2D eigenvalue weighted by atomic mass is 9.88. The van der Waals surface area contributed by atoms with Gasteiger partial charge in [-0.25, -0.2) is 0 Å². The smallest absolute Gasteiger partial charge is 0.161 e. The van der Waals surface area contributed by atoms with Crippen LogP contribution in [0.2, 0.25) is 0 Å². The number of methoxy groups -OCH3 is 4. The van der Waals surface area contributed by atoms with Gasteiger partial charge in [-0.15, -0.1) is 0 Å². The van der Waals surface area contributed by atoms with Crippen LogP contribution in [-0.4, -0.2) is 40.2 Å². The van der Waals surface area contributed by atoms with Gasteiger partial charge in [0.1, 0.15) is 0 Å². The highest BCUT2D eigenvalue weighted by molar-refractivity contribution is 5.84. The van der Waals surface area contributed by atoms with Crippen molar-refractivity contribution in [3.05, 3.63) is 53.1 Å². The molecule has 2 aromatic carbocycles. The molecule has 5 heteroatoms. The molecule has 27 heavy (non-hydrogen) atoms. The van der Waals surface area contributed by atoms with Crippen molar-refractivity contribution in [1.29, 1.82) is 0 Å². The summed E-state index contributed by atoms with van der Waals surface area (Å²) in [4.78, 5) is 0. The first kappa shape index (κ1) is 20.6. The molecule has 0 bridgehead atoms. The van der Waals surface area contributed by atoms with Gasteiger partial charge in [-0.3, -0.25) is 0 Å². The first-order valence-corrected chi connectivity index (χ1v) is 8.77. The summed E-state index contributed by atoms with van der Waals surface area (Å²) in [6.07, 6.45) is 0. The number of benzene rings is 2. The molecule has 2 aromatic rings. The molecule has 1 unspecified atom stereocenters. The van der Waals surface area contributed by atoms with E-state index in [2.05, 4.69) is 0 Å². The van der Waals surface area contributed by atoms with Gasteiger partial charge in [0.15, 0.2) is 23.0 Å². The Balaban J connectivity index is 2.71. The summed E-state index contributed by atoms with van der Waals surface area (Å²) in [5, 5.41) is 9.69. The molecule has 0 saturated carbocycles. The molecule has 2 rings (SSSR count). The Labute approximate surface area is 161 Å². The summed E-state index contributed by atoms with van der Waals surface area (Å²) >= 11 is 0. The van der Waals surface area contributed by atoms with E-state index in [0.717, 1.165) is 22.3 Å². The SMILES string of the molecule is COc1ccc(C(=C(C)C(C)CO)c2ccc(OC)c(OC)c2)cc1OC. The fourth-order valence-electron chi connectivity index (χ4n) is 2.99. The predicted molar refractivity (Wildman–Crippen MR) is 107 cm³/mol. The average molecular weight is 372 g/mol. The highest BCUT2D eigenvalue weighted by Gasteiger charge is 2.17. The summed E-state index contributed by atoms with van der Waals surface area (Å²) in [5.74, 6) is 2.64. The molecular weight excluding hydrogens is 344 g/mol. The number of hydrogen-bond acceptors (Lipinski definition) is 5. The van der Waals surface area contributed by atoms with E-state index < -0.39 is 0 Å². The zero-order chi connectivity index (χ0) is 20.0. The maximum Gasteiger partial charge on any atom is 0.161 e. The van der Waals surface area contributed by atoms with E-state index in [4.69, 9.17) is 18.9 Å². The minimum Gasteiger partial charge on any atom is -0.493 e. The summed E-state index contributed by atoms with van der Waals surface area (Å²) in [6, 6.07) is 11.6. The molecule has 5 nitrogen and oxygen atoms in total. The van der Waals surface area contributed by atoms with Crippen LogP contribution in [0.15, 0.2) is 42.0 Å². The molecule has 0 amide bonds. The number of aliphatic hydroxyl groups excluding tert-OH is 1. The zero-order valence-corrected chi connectivity index (χ0v) is 16.8. The van der Waals surface area contributed by atoms with E-state index in [9.17, 15) is 5.11 Å². The largest absolute Gasteiger partial charge is 0.493 e. The fraction of sp³-hybridized carbons (Fsp3) is 0.364. The molecule has 0 aliphatic rings. The topological polar surface area (TPSA) is 57.2 Å². The average Bonchev–Trinajstić information content (AvgIpc) is 2.72. The number of hydrogen-bond donors (Lipinski definition) is 1. The van der Waals surface area contributed by atoms with Crippen molar-refractivity contribution >= 4 is 5.57 Å². The van der Waals surface area contributed by atoms with Gasteiger partial charge in [-0.05, 0) is 47.9 Å². The maximum atomic E-state index is 9.69. The van der Waals surface area contributed by atoms with E-state index >= 15 is 0 Å². The Hall–Kier alpha value is -2.66. The standard InChI is InChI=1S/C22H28O5/c1-14(13-23)15(2)22(16-7-9-18(24-3)20(11-16)26-5)17-8-10-19(25-4)21(12-17)27-6/h7-12,14,23H,13H2,1-6H3. The van der Waals surface area contributed by atoms with Crippen LogP contribution < -0.4 is 18.9 Å². The van der Waals surface area contributed by atoms with Crippen molar-refractivity contribution in [2.24, 2.45) is 5.92 Å². The van der Waals surface area contributed by atoms with Gasteiger partial charge in [0.25, 0.3) is 0 Å². The normalized spacial score (nSPS) is 11.5. The van der Waals surface area contributed by atoms with Crippen molar-refractivity contribution < 1.29 is 24.1 Å². The number of rotatable bonds is 8. The second-order valence-corrected chi connectivity index (χ2v) is 6.28. The lowest BCUT2D eigenvalue weighted by Gasteiger charge is -2.20. The van der Waals surface area contributed by atoms with Gasteiger partial charge in [0, 0.05) is 12.5 Å². The Morgan fingerprint density at radius 1 is 0.778 bits per heavy atom. The predicted octanol–water partition coefficient (Wildman–Crippen LogP) is 4.17. The highest BCUT2D eigenvalue weighted by Crippen LogP contribution is 2.38. The Morgan fingerprint density at radius 2 is 1.19 bits per heavy atom. The highest BCUT2D eigenvalue weighted by atomic mass is 16.5. The van der Waals surface area contributed by atoms with Crippen LogP contribution in [0.3, 0.4) is 0 Å². The Morgan fingerprint density at radius 3 is 1.52 bits per heavy atom. The van der Waals surface area contributed by atoms with Crippen molar-refractivity contribution in [1.82, 2.24) is 0 Å². The first-order chi connectivity index (χ1) is 13.0. The quantitative estimate of drug-likeness (QED) is 0.754. The Kier molecular flexibility index (Phi) is 7.13. The molecule has 0 aromatic heterocycles. The third kappa shape index (κ3) is 4.37. The third-order valence-corrected chi connectivity index (χ3v) is 4.75. The van der Waals surface area contributed by atoms with E-state index in [1.807, 2.05) is 50.2 Å². The minimum atomic E-state index is 0.00110. The van der Waals surface area contributed by atoms with Crippen LogP contribution >= 0.6 is 0 Å². The molecule has 0 fully saturated rings. The molecule has 1 N–H and O–H groups in total. The first-order valence-electron chi connectivity index (χ1n) is 8.77. The second kappa shape index (κ2) is 9.33. The summed E-state index contributed by atoms with van der Waals surface area (Å²) in [5.41, 5.74) is 4.02. The minimum absolute atomic E-state index is 0.00110. The monoisotopic (exact) mass is 372 g/mol. The summed E-state index contributed by atoms with van der Waals surface area (Å²) < 4.78 is 21.6. The molecule has 0 radical (unpaired) electrons. The third-order valence-electron chi connectivity index (χ3n) is 4.75. The van der Waals surface area contributed by atoms with Gasteiger partial charge in [-0.1, -0.05) is 24.6 Å². The van der Waals surface area contributed by atoms with Gasteiger partial charge in [-0.2, -0.15) is 0 Å². The van der Waals surface area contributed by atoms with E-state index in [-0.39, 0.29) is 12.5 Å². The van der Waals surface area contributed by atoms with Crippen molar-refractivity contribution in [3.8, 4) is 23.0 Å². The van der Waals surface area contributed by atoms with Gasteiger partial charge in [0.05, 0.1) is 28.4 Å². The zero-order valence-electron chi connectivity index (χ0n) is 16.8. The van der Waals surface area contributed by atoms with Gasteiger partial charge < -0.3 is 24.1 Å². The summed E-state index contributed by atoms with van der Waals surface area (Å²) in [7, 11) is 6.46. The number of aliphatic hydroxyl groups is 1. The van der Waals surface area contributed by atoms with Crippen molar-refractivity contribution in [2.45, 2.75) is 13.8 Å². The van der Waals surface area contributed by atoms with E-state index in [0.29, 0.717) is 23.0 Å². The maximum absolute atomic E-state index is 9.69. The van der Waals surface area contributed by atoms with Gasteiger partial charge >= 0.3 is 0 Å². The van der Waals surface area contributed by atoms with E-state index in [1.165, 1.54) is 0 Å². The fourth-order valence-corrected chi connectivity index (χ4v) is 2.99. The van der Waals surface area contributed by atoms with Gasteiger partial charge in [0.2, 0.25) is 0 Å². The van der Waals surface area contributed by atoms with Crippen LogP contribution in [0.4, 0.5) is 0 Å². The molecule has 146 valence electrons. The molecule has 0 aliphatic carbocycles. The lowest BCUT2D eigenvalue weighted by Crippen LogP contribution is -2.06. The lowest BCUT2D eigenvalue weighted by molar-refractivity contribution is 0.256. The van der Waals surface area contributed by atoms with Crippen LogP contribution in [0, 0.1) is 5.92 Å². The van der Waals surface area contributed by atoms with Crippen LogP contribution in [-0.2, 0) is 0 Å². The van der Waals surface area contributed by atoms with Crippen LogP contribution in [0.5, 0.6) is 23.0 Å². The van der Waals surface area contributed by atoms with Crippen LogP contribution in [0.25, 0.3) is 5.57 Å². The van der Waals surface area contributed by atoms with E-state index in [1.54, 1.807) is 28.4 Å². The van der Waals surface area contributed by atoms with Crippen molar-refractivity contribution in [2.75, 3.05) is 35.0 Å². The van der Waals surface area contributed by atoms with Crippen molar-refractivity contribution in [3.63, 3.8) is 0 Å². The van der Waals surface area contributed by atoms with Crippen LogP contribution in [0.1, 0.15) is 25.0 Å². The Bertz CT molecular complexity index is 753.